The monoisotopic (exact) mass is 171 g/mol. The first-order chi connectivity index (χ1) is 5.43. The molecule has 0 saturated carbocycles. The lowest BCUT2D eigenvalue weighted by Crippen LogP contribution is -2.02. The molecule has 0 aromatic carbocycles. The van der Waals surface area contributed by atoms with E-state index in [1.54, 1.807) is 30.4 Å². The first-order valence-corrected chi connectivity index (χ1v) is 4.12. The maximum Gasteiger partial charge on any atom is 0.114 e. The van der Waals surface area contributed by atoms with Crippen LogP contribution in [0.1, 0.15) is 0 Å². The minimum Gasteiger partial charge on any atom is -0.304 e. The Kier molecular flexibility index (Phi) is 3.89. The minimum atomic E-state index is 0.529. The smallest absolute Gasteiger partial charge is 0.114 e. The van der Waals surface area contributed by atoms with Crippen molar-refractivity contribution >= 4 is 11.8 Å². The van der Waals surface area contributed by atoms with E-state index in [0.29, 0.717) is 6.61 Å². The molecule has 4 nitrogen and oxygen atoms in total. The first kappa shape index (κ1) is 8.45. The zero-order valence-corrected chi connectivity index (χ0v) is 6.75. The largest absolute Gasteiger partial charge is 0.304 e. The third-order valence-electron chi connectivity index (χ3n) is 0.991. The van der Waals surface area contributed by atoms with E-state index >= 15 is 0 Å². The summed E-state index contributed by atoms with van der Waals surface area (Å²) < 4.78 is 0. The number of nitrogens with two attached hydrogens (primary N) is 1. The van der Waals surface area contributed by atoms with Crippen molar-refractivity contribution in [1.82, 2.24) is 9.97 Å². The van der Waals surface area contributed by atoms with Crippen LogP contribution in [0, 0.1) is 0 Å². The fourth-order valence-electron chi connectivity index (χ4n) is 0.554. The number of aromatic nitrogens is 2. The average molecular weight is 171 g/mol. The molecule has 2 N–H and O–H groups in total. The molecule has 1 aromatic rings. The van der Waals surface area contributed by atoms with Gasteiger partial charge in [-0.25, -0.2) is 10.9 Å². The fourth-order valence-corrected chi connectivity index (χ4v) is 1.21. The quantitative estimate of drug-likeness (QED) is 0.405. The SMILES string of the molecule is NOCCSc1cnccn1. The van der Waals surface area contributed by atoms with Gasteiger partial charge in [0.05, 0.1) is 12.8 Å². The minimum absolute atomic E-state index is 0.529. The third-order valence-corrected chi connectivity index (χ3v) is 1.87. The van der Waals surface area contributed by atoms with Gasteiger partial charge in [0.2, 0.25) is 0 Å². The molecule has 0 fully saturated rings. The van der Waals surface area contributed by atoms with Crippen LogP contribution in [0.3, 0.4) is 0 Å². The Bertz CT molecular complexity index is 194. The molecule has 0 unspecified atom stereocenters. The zero-order chi connectivity index (χ0) is 7.94. The van der Waals surface area contributed by atoms with E-state index in [-0.39, 0.29) is 0 Å². The molecule has 0 spiro atoms. The van der Waals surface area contributed by atoms with Gasteiger partial charge < -0.3 is 4.84 Å². The van der Waals surface area contributed by atoms with Gasteiger partial charge in [0, 0.05) is 18.1 Å². The Labute approximate surface area is 69.1 Å². The molecule has 60 valence electrons. The van der Waals surface area contributed by atoms with Gasteiger partial charge in [0.25, 0.3) is 0 Å². The number of rotatable bonds is 4. The van der Waals surface area contributed by atoms with Crippen LogP contribution in [0.5, 0.6) is 0 Å². The number of hydrogen-bond acceptors (Lipinski definition) is 5. The highest BCUT2D eigenvalue weighted by Crippen LogP contribution is 2.11. The Balaban J connectivity index is 2.28. The van der Waals surface area contributed by atoms with Crippen LogP contribution in [0.2, 0.25) is 0 Å². The van der Waals surface area contributed by atoms with Gasteiger partial charge in [0.1, 0.15) is 5.03 Å². The maximum absolute atomic E-state index is 4.84. The summed E-state index contributed by atoms with van der Waals surface area (Å²) in [5.74, 6) is 5.64. The first-order valence-electron chi connectivity index (χ1n) is 3.14. The molecule has 11 heavy (non-hydrogen) atoms. The van der Waals surface area contributed by atoms with Crippen molar-refractivity contribution in [2.45, 2.75) is 5.03 Å². The van der Waals surface area contributed by atoms with Crippen LogP contribution >= 0.6 is 11.8 Å². The summed E-state index contributed by atoms with van der Waals surface area (Å²) in [6, 6.07) is 0. The van der Waals surface area contributed by atoms with Crippen molar-refractivity contribution in [3.63, 3.8) is 0 Å². The van der Waals surface area contributed by atoms with Crippen LogP contribution < -0.4 is 5.90 Å². The molecule has 0 aliphatic rings. The Morgan fingerprint density at radius 2 is 2.45 bits per heavy atom. The second-order valence-electron chi connectivity index (χ2n) is 1.76. The van der Waals surface area contributed by atoms with Crippen LogP contribution in [0.15, 0.2) is 23.6 Å². The molecule has 0 atom stereocenters. The van der Waals surface area contributed by atoms with Gasteiger partial charge in [-0.15, -0.1) is 11.8 Å². The summed E-state index contributed by atoms with van der Waals surface area (Å²) in [5.41, 5.74) is 0. The van der Waals surface area contributed by atoms with Crippen molar-refractivity contribution < 1.29 is 4.84 Å². The number of nitrogens with zero attached hydrogens (tertiary/aromatic N) is 2. The summed E-state index contributed by atoms with van der Waals surface area (Å²) >= 11 is 1.57. The predicted octanol–water partition coefficient (Wildman–Crippen LogP) is 0.459. The molecule has 0 amide bonds. The fraction of sp³-hybridized carbons (Fsp3) is 0.333. The van der Waals surface area contributed by atoms with Crippen molar-refractivity contribution in [3.8, 4) is 0 Å². The molecule has 0 aliphatic carbocycles. The Morgan fingerprint density at radius 3 is 3.09 bits per heavy atom. The van der Waals surface area contributed by atoms with E-state index in [9.17, 15) is 0 Å². The molecule has 0 radical (unpaired) electrons. The van der Waals surface area contributed by atoms with Crippen LogP contribution in [-0.4, -0.2) is 22.3 Å². The highest BCUT2D eigenvalue weighted by atomic mass is 32.2. The highest BCUT2D eigenvalue weighted by Gasteiger charge is 1.92. The van der Waals surface area contributed by atoms with Crippen molar-refractivity contribution in [2.75, 3.05) is 12.4 Å². The van der Waals surface area contributed by atoms with Crippen LogP contribution in [-0.2, 0) is 4.84 Å². The van der Waals surface area contributed by atoms with Crippen molar-refractivity contribution in [1.29, 1.82) is 0 Å². The second-order valence-corrected chi connectivity index (χ2v) is 2.88. The maximum atomic E-state index is 4.84. The third kappa shape index (κ3) is 3.31. The molecular weight excluding hydrogens is 162 g/mol. The topological polar surface area (TPSA) is 61.0 Å². The van der Waals surface area contributed by atoms with E-state index in [4.69, 9.17) is 5.90 Å². The number of thioether (sulfide) groups is 1. The van der Waals surface area contributed by atoms with Gasteiger partial charge in [-0.1, -0.05) is 0 Å². The lowest BCUT2D eigenvalue weighted by molar-refractivity contribution is 0.155. The summed E-state index contributed by atoms with van der Waals surface area (Å²) in [6.07, 6.45) is 5.01. The van der Waals surface area contributed by atoms with E-state index in [0.717, 1.165) is 10.8 Å². The lowest BCUT2D eigenvalue weighted by Gasteiger charge is -1.96. The van der Waals surface area contributed by atoms with Crippen LogP contribution in [0.25, 0.3) is 0 Å². The second kappa shape index (κ2) is 5.06. The van der Waals surface area contributed by atoms with Gasteiger partial charge in [-0.05, 0) is 0 Å². The van der Waals surface area contributed by atoms with E-state index in [2.05, 4.69) is 14.8 Å². The van der Waals surface area contributed by atoms with E-state index < -0.39 is 0 Å². The number of hydrogen-bond donors (Lipinski definition) is 1. The summed E-state index contributed by atoms with van der Waals surface area (Å²) in [6.45, 7) is 0.529. The zero-order valence-electron chi connectivity index (χ0n) is 5.93. The molecule has 0 saturated heterocycles. The van der Waals surface area contributed by atoms with Gasteiger partial charge in [-0.2, -0.15) is 0 Å². The Hall–Kier alpha value is -0.650. The van der Waals surface area contributed by atoms with Gasteiger partial charge in [-0.3, -0.25) is 4.98 Å². The Morgan fingerprint density at radius 1 is 1.55 bits per heavy atom. The molecule has 0 bridgehead atoms. The highest BCUT2D eigenvalue weighted by molar-refractivity contribution is 7.99. The standard InChI is InChI=1S/C6H9N3OS/c7-10-3-4-11-6-5-8-1-2-9-6/h1-2,5H,3-4,7H2. The molecule has 1 heterocycles. The van der Waals surface area contributed by atoms with Crippen molar-refractivity contribution in [3.05, 3.63) is 18.6 Å². The summed E-state index contributed by atoms with van der Waals surface area (Å²) in [5, 5.41) is 0.893. The van der Waals surface area contributed by atoms with E-state index in [1.165, 1.54) is 0 Å². The summed E-state index contributed by atoms with van der Waals surface area (Å²) in [7, 11) is 0. The molecule has 0 aliphatic heterocycles. The molecule has 1 aromatic heterocycles. The molecule has 1 rings (SSSR count). The van der Waals surface area contributed by atoms with Crippen molar-refractivity contribution in [2.24, 2.45) is 5.90 Å². The van der Waals surface area contributed by atoms with Gasteiger partial charge in [0.15, 0.2) is 0 Å². The summed E-state index contributed by atoms with van der Waals surface area (Å²) in [4.78, 5) is 12.4. The van der Waals surface area contributed by atoms with Gasteiger partial charge >= 0.3 is 0 Å². The van der Waals surface area contributed by atoms with Crippen LogP contribution in [0.4, 0.5) is 0 Å². The normalized spacial score (nSPS) is 9.91. The lowest BCUT2D eigenvalue weighted by atomic mass is 10.8. The molecule has 5 heteroatoms. The molecular formula is C6H9N3OS. The average Bonchev–Trinajstić information content (AvgIpc) is 2.07. The predicted molar refractivity (Wildman–Crippen MR) is 42.9 cm³/mol. The van der Waals surface area contributed by atoms with E-state index in [1.807, 2.05) is 0 Å².